The van der Waals surface area contributed by atoms with E-state index in [4.69, 9.17) is 0 Å². The molecule has 0 aliphatic carbocycles. The standard InChI is InChI=1S/C17H19NO/c1-13-3-7-15(8-4-13)17(19)11-12-18-16-9-5-14(2)6-10-16/h3-12,17-19H,1-2H3/b12-11-. The molecule has 0 aliphatic heterocycles. The summed E-state index contributed by atoms with van der Waals surface area (Å²) in [6, 6.07) is 16.0. The first-order chi connectivity index (χ1) is 9.15. The molecule has 0 spiro atoms. The molecule has 0 aliphatic rings. The molecule has 19 heavy (non-hydrogen) atoms. The van der Waals surface area contributed by atoms with Gasteiger partial charge in [0.2, 0.25) is 0 Å². The summed E-state index contributed by atoms with van der Waals surface area (Å²) in [6.07, 6.45) is 2.93. The molecule has 2 aromatic carbocycles. The molecule has 0 amide bonds. The van der Waals surface area contributed by atoms with Crippen LogP contribution in [-0.4, -0.2) is 5.11 Å². The third-order valence-corrected chi connectivity index (χ3v) is 3.00. The minimum atomic E-state index is -0.585. The van der Waals surface area contributed by atoms with Gasteiger partial charge in [0.25, 0.3) is 0 Å². The van der Waals surface area contributed by atoms with Crippen LogP contribution >= 0.6 is 0 Å². The van der Waals surface area contributed by atoms with Crippen LogP contribution in [0, 0.1) is 13.8 Å². The van der Waals surface area contributed by atoms with E-state index in [-0.39, 0.29) is 0 Å². The molecule has 1 unspecified atom stereocenters. The Morgan fingerprint density at radius 2 is 1.42 bits per heavy atom. The molecule has 1 atom stereocenters. The molecular weight excluding hydrogens is 234 g/mol. The lowest BCUT2D eigenvalue weighted by Crippen LogP contribution is -1.95. The Morgan fingerprint density at radius 3 is 2.00 bits per heavy atom. The number of anilines is 1. The summed E-state index contributed by atoms with van der Waals surface area (Å²) >= 11 is 0. The first kappa shape index (κ1) is 13.4. The van der Waals surface area contributed by atoms with Gasteiger partial charge < -0.3 is 10.4 Å². The highest BCUT2D eigenvalue weighted by Crippen LogP contribution is 2.15. The summed E-state index contributed by atoms with van der Waals surface area (Å²) in [6.45, 7) is 4.09. The van der Waals surface area contributed by atoms with Crippen LogP contribution < -0.4 is 5.32 Å². The lowest BCUT2D eigenvalue weighted by Gasteiger charge is -2.07. The molecule has 0 aromatic heterocycles. The SMILES string of the molecule is Cc1ccc(N/C=C\C(O)c2ccc(C)cc2)cc1. The van der Waals surface area contributed by atoms with E-state index in [1.807, 2.05) is 55.5 Å². The zero-order valence-electron chi connectivity index (χ0n) is 11.3. The van der Waals surface area contributed by atoms with Gasteiger partial charge in [-0.3, -0.25) is 0 Å². The number of hydrogen-bond acceptors (Lipinski definition) is 2. The van der Waals surface area contributed by atoms with E-state index >= 15 is 0 Å². The van der Waals surface area contributed by atoms with Gasteiger partial charge in [0.15, 0.2) is 0 Å². The van der Waals surface area contributed by atoms with Gasteiger partial charge in [-0.05, 0) is 43.8 Å². The van der Waals surface area contributed by atoms with Gasteiger partial charge in [0.1, 0.15) is 0 Å². The van der Waals surface area contributed by atoms with Gasteiger partial charge in [0.05, 0.1) is 6.10 Å². The number of aryl methyl sites for hydroxylation is 2. The number of aliphatic hydroxyl groups excluding tert-OH is 1. The van der Waals surface area contributed by atoms with Crippen LogP contribution in [0.3, 0.4) is 0 Å². The van der Waals surface area contributed by atoms with Gasteiger partial charge in [-0.1, -0.05) is 47.5 Å². The van der Waals surface area contributed by atoms with E-state index in [1.54, 1.807) is 12.3 Å². The summed E-state index contributed by atoms with van der Waals surface area (Å²) in [5.74, 6) is 0. The number of rotatable bonds is 4. The normalized spacial score (nSPS) is 12.6. The fourth-order valence-electron chi connectivity index (χ4n) is 1.76. The molecule has 2 heteroatoms. The monoisotopic (exact) mass is 253 g/mol. The van der Waals surface area contributed by atoms with Crippen molar-refractivity contribution >= 4 is 5.69 Å². The summed E-state index contributed by atoms with van der Waals surface area (Å²) < 4.78 is 0. The van der Waals surface area contributed by atoms with Crippen molar-refractivity contribution < 1.29 is 5.11 Å². The number of hydrogen-bond donors (Lipinski definition) is 2. The number of benzene rings is 2. The van der Waals surface area contributed by atoms with Crippen LogP contribution in [-0.2, 0) is 0 Å². The van der Waals surface area contributed by atoms with Crippen LogP contribution in [0.25, 0.3) is 0 Å². The largest absolute Gasteiger partial charge is 0.384 e. The second-order valence-electron chi connectivity index (χ2n) is 4.73. The minimum absolute atomic E-state index is 0.585. The maximum atomic E-state index is 10.0. The molecule has 2 rings (SSSR count). The highest BCUT2D eigenvalue weighted by atomic mass is 16.3. The molecule has 2 nitrogen and oxygen atoms in total. The smallest absolute Gasteiger partial charge is 0.0988 e. The Hall–Kier alpha value is -2.06. The number of nitrogens with one attached hydrogen (secondary N) is 1. The maximum absolute atomic E-state index is 10.0. The molecule has 0 fully saturated rings. The van der Waals surface area contributed by atoms with Crippen LogP contribution in [0.2, 0.25) is 0 Å². The zero-order chi connectivity index (χ0) is 13.7. The summed E-state index contributed by atoms with van der Waals surface area (Å²) in [5, 5.41) is 13.2. The van der Waals surface area contributed by atoms with Gasteiger partial charge in [-0.2, -0.15) is 0 Å². The fraction of sp³-hybridized carbons (Fsp3) is 0.176. The summed E-state index contributed by atoms with van der Waals surface area (Å²) in [5.41, 5.74) is 4.33. The summed E-state index contributed by atoms with van der Waals surface area (Å²) in [4.78, 5) is 0. The molecule has 0 saturated heterocycles. The third kappa shape index (κ3) is 3.97. The quantitative estimate of drug-likeness (QED) is 0.864. The topological polar surface area (TPSA) is 32.3 Å². The summed E-state index contributed by atoms with van der Waals surface area (Å²) in [7, 11) is 0. The molecule has 2 aromatic rings. The highest BCUT2D eigenvalue weighted by molar-refractivity contribution is 5.46. The molecule has 0 bridgehead atoms. The van der Waals surface area contributed by atoms with E-state index < -0.39 is 6.10 Å². The Balaban J connectivity index is 1.95. The highest BCUT2D eigenvalue weighted by Gasteiger charge is 2.01. The minimum Gasteiger partial charge on any atom is -0.384 e. The predicted octanol–water partition coefficient (Wildman–Crippen LogP) is 3.96. The average Bonchev–Trinajstić information content (AvgIpc) is 2.41. The van der Waals surface area contributed by atoms with Crippen molar-refractivity contribution in [1.82, 2.24) is 0 Å². The maximum Gasteiger partial charge on any atom is 0.0988 e. The molecular formula is C17H19NO. The molecule has 0 saturated carbocycles. The molecule has 2 N–H and O–H groups in total. The second kappa shape index (κ2) is 6.21. The molecule has 0 heterocycles. The van der Waals surface area contributed by atoms with E-state index in [9.17, 15) is 5.11 Å². The van der Waals surface area contributed by atoms with Crippen molar-refractivity contribution in [2.75, 3.05) is 5.32 Å². The van der Waals surface area contributed by atoms with E-state index in [1.165, 1.54) is 11.1 Å². The van der Waals surface area contributed by atoms with Crippen molar-refractivity contribution in [3.8, 4) is 0 Å². The van der Waals surface area contributed by atoms with Crippen molar-refractivity contribution in [2.45, 2.75) is 20.0 Å². The van der Waals surface area contributed by atoms with Crippen LogP contribution in [0.15, 0.2) is 60.8 Å². The van der Waals surface area contributed by atoms with E-state index in [0.717, 1.165) is 11.3 Å². The Labute approximate surface area is 114 Å². The van der Waals surface area contributed by atoms with Crippen LogP contribution in [0.5, 0.6) is 0 Å². The van der Waals surface area contributed by atoms with E-state index in [0.29, 0.717) is 0 Å². The van der Waals surface area contributed by atoms with Gasteiger partial charge in [-0.15, -0.1) is 0 Å². The first-order valence-corrected chi connectivity index (χ1v) is 6.39. The Morgan fingerprint density at radius 1 is 0.895 bits per heavy atom. The van der Waals surface area contributed by atoms with Crippen molar-refractivity contribution in [3.05, 3.63) is 77.5 Å². The van der Waals surface area contributed by atoms with E-state index in [2.05, 4.69) is 12.2 Å². The Bertz CT molecular complexity index is 540. The van der Waals surface area contributed by atoms with Crippen molar-refractivity contribution in [3.63, 3.8) is 0 Å². The molecule has 0 radical (unpaired) electrons. The van der Waals surface area contributed by atoms with Gasteiger partial charge in [-0.25, -0.2) is 0 Å². The van der Waals surface area contributed by atoms with Gasteiger partial charge >= 0.3 is 0 Å². The first-order valence-electron chi connectivity index (χ1n) is 6.39. The second-order valence-corrected chi connectivity index (χ2v) is 4.73. The third-order valence-electron chi connectivity index (χ3n) is 3.00. The lowest BCUT2D eigenvalue weighted by molar-refractivity contribution is 0.228. The lowest BCUT2D eigenvalue weighted by atomic mass is 10.1. The average molecular weight is 253 g/mol. The molecule has 98 valence electrons. The van der Waals surface area contributed by atoms with Crippen LogP contribution in [0.4, 0.5) is 5.69 Å². The van der Waals surface area contributed by atoms with Crippen LogP contribution in [0.1, 0.15) is 22.8 Å². The van der Waals surface area contributed by atoms with Crippen molar-refractivity contribution in [2.24, 2.45) is 0 Å². The van der Waals surface area contributed by atoms with Crippen molar-refractivity contribution in [1.29, 1.82) is 0 Å². The van der Waals surface area contributed by atoms with Gasteiger partial charge in [0, 0.05) is 5.69 Å². The Kier molecular flexibility index (Phi) is 4.37. The zero-order valence-corrected chi connectivity index (χ0v) is 11.3. The number of aliphatic hydroxyl groups is 1. The fourth-order valence-corrected chi connectivity index (χ4v) is 1.76. The predicted molar refractivity (Wildman–Crippen MR) is 80.1 cm³/mol.